The van der Waals surface area contributed by atoms with Crippen LogP contribution in [0.15, 0.2) is 24.3 Å². The molecule has 1 fully saturated rings. The van der Waals surface area contributed by atoms with E-state index in [9.17, 15) is 18.3 Å². The van der Waals surface area contributed by atoms with Crippen molar-refractivity contribution in [1.29, 1.82) is 0 Å². The summed E-state index contributed by atoms with van der Waals surface area (Å²) < 4.78 is 24.4. The Bertz CT molecular complexity index is 726. The zero-order valence-electron chi connectivity index (χ0n) is 13.9. The molecule has 0 aromatic heterocycles. The van der Waals surface area contributed by atoms with Gasteiger partial charge in [-0.25, -0.2) is 12.7 Å². The van der Waals surface area contributed by atoms with Gasteiger partial charge in [0.1, 0.15) is 5.60 Å². The van der Waals surface area contributed by atoms with Crippen LogP contribution < -0.4 is 5.32 Å². The third-order valence-electron chi connectivity index (χ3n) is 5.18. The Kier molecular flexibility index (Phi) is 4.68. The lowest BCUT2D eigenvalue weighted by atomic mass is 9.94. The zero-order valence-corrected chi connectivity index (χ0v) is 14.7. The number of rotatable bonds is 4. The average Bonchev–Trinajstić information content (AvgIpc) is 2.90. The summed E-state index contributed by atoms with van der Waals surface area (Å²) in [6, 6.07) is 7.78. The van der Waals surface area contributed by atoms with E-state index in [0.29, 0.717) is 32.4 Å². The summed E-state index contributed by atoms with van der Waals surface area (Å²) in [6.07, 6.45) is 3.66. The van der Waals surface area contributed by atoms with E-state index < -0.39 is 15.6 Å². The first-order valence-electron chi connectivity index (χ1n) is 8.33. The maximum Gasteiger partial charge on any atom is 0.223 e. The van der Waals surface area contributed by atoms with Gasteiger partial charge in [0.05, 0.1) is 12.8 Å². The maximum atomic E-state index is 12.4. The third kappa shape index (κ3) is 3.48. The number of amides is 1. The van der Waals surface area contributed by atoms with Crippen LogP contribution in [0.25, 0.3) is 0 Å². The standard InChI is InChI=1S/C17H24N2O4S/c1-24(22,23)19-10-7-14(8-11-19)16(20)18-12-17(21)9-6-13-4-2-3-5-15(13)17/h2-5,14,21H,6-12H2,1H3,(H,18,20)/t17-/m0/s1. The van der Waals surface area contributed by atoms with Gasteiger partial charge >= 0.3 is 0 Å². The second-order valence-corrected chi connectivity index (χ2v) is 8.83. The Morgan fingerprint density at radius 1 is 1.33 bits per heavy atom. The molecule has 1 heterocycles. The number of sulfonamides is 1. The van der Waals surface area contributed by atoms with Crippen LogP contribution in [0.2, 0.25) is 0 Å². The molecular weight excluding hydrogens is 328 g/mol. The Hall–Kier alpha value is -1.44. The molecular formula is C17H24N2O4S. The number of hydrogen-bond donors (Lipinski definition) is 2. The molecule has 3 rings (SSSR count). The fourth-order valence-electron chi connectivity index (χ4n) is 3.68. The maximum absolute atomic E-state index is 12.4. The summed E-state index contributed by atoms with van der Waals surface area (Å²) in [5, 5.41) is 13.7. The van der Waals surface area contributed by atoms with Gasteiger partial charge in [-0.3, -0.25) is 4.79 Å². The van der Waals surface area contributed by atoms with Gasteiger partial charge in [0, 0.05) is 19.0 Å². The first-order valence-corrected chi connectivity index (χ1v) is 10.2. The predicted molar refractivity (Wildman–Crippen MR) is 90.8 cm³/mol. The molecule has 132 valence electrons. The number of nitrogens with zero attached hydrogens (tertiary/aromatic N) is 1. The van der Waals surface area contributed by atoms with Crippen LogP contribution in [0, 0.1) is 5.92 Å². The average molecular weight is 352 g/mol. The minimum Gasteiger partial charge on any atom is -0.383 e. The van der Waals surface area contributed by atoms with Crippen molar-refractivity contribution >= 4 is 15.9 Å². The van der Waals surface area contributed by atoms with Crippen molar-refractivity contribution in [2.45, 2.75) is 31.3 Å². The molecule has 2 N–H and O–H groups in total. The Balaban J connectivity index is 1.56. The fraction of sp³-hybridized carbons (Fsp3) is 0.588. The molecule has 7 heteroatoms. The van der Waals surface area contributed by atoms with E-state index in [1.165, 1.54) is 10.6 Å². The molecule has 1 atom stereocenters. The molecule has 0 saturated carbocycles. The Morgan fingerprint density at radius 3 is 2.67 bits per heavy atom. The summed E-state index contributed by atoms with van der Waals surface area (Å²) in [7, 11) is -3.18. The monoisotopic (exact) mass is 352 g/mol. The third-order valence-corrected chi connectivity index (χ3v) is 6.48. The van der Waals surface area contributed by atoms with Gasteiger partial charge in [-0.15, -0.1) is 0 Å². The van der Waals surface area contributed by atoms with E-state index in [0.717, 1.165) is 17.5 Å². The van der Waals surface area contributed by atoms with E-state index in [-0.39, 0.29) is 18.4 Å². The fourth-order valence-corrected chi connectivity index (χ4v) is 4.55. The summed E-state index contributed by atoms with van der Waals surface area (Å²) in [4.78, 5) is 12.4. The first-order chi connectivity index (χ1) is 11.3. The molecule has 1 aliphatic heterocycles. The van der Waals surface area contributed by atoms with Gasteiger partial charge in [0.25, 0.3) is 0 Å². The second kappa shape index (κ2) is 6.46. The lowest BCUT2D eigenvalue weighted by Gasteiger charge is -2.31. The number of nitrogens with one attached hydrogen (secondary N) is 1. The number of hydrogen-bond acceptors (Lipinski definition) is 4. The number of piperidine rings is 1. The smallest absolute Gasteiger partial charge is 0.223 e. The Labute approximate surface area is 142 Å². The highest BCUT2D eigenvalue weighted by atomic mass is 32.2. The molecule has 0 bridgehead atoms. The number of fused-ring (bicyclic) bond motifs is 1. The predicted octanol–water partition coefficient (Wildman–Crippen LogP) is 0.608. The number of carbonyl (C=O) groups excluding carboxylic acids is 1. The van der Waals surface area contributed by atoms with Crippen LogP contribution in [-0.4, -0.2) is 49.6 Å². The highest BCUT2D eigenvalue weighted by molar-refractivity contribution is 7.88. The van der Waals surface area contributed by atoms with Crippen LogP contribution in [0.4, 0.5) is 0 Å². The van der Waals surface area contributed by atoms with Crippen molar-refractivity contribution in [2.75, 3.05) is 25.9 Å². The molecule has 6 nitrogen and oxygen atoms in total. The van der Waals surface area contributed by atoms with E-state index in [1.54, 1.807) is 0 Å². The van der Waals surface area contributed by atoms with E-state index in [1.807, 2.05) is 24.3 Å². The summed E-state index contributed by atoms with van der Waals surface area (Å²) >= 11 is 0. The van der Waals surface area contributed by atoms with E-state index >= 15 is 0 Å². The van der Waals surface area contributed by atoms with Crippen molar-refractivity contribution < 1.29 is 18.3 Å². The highest BCUT2D eigenvalue weighted by Crippen LogP contribution is 2.36. The van der Waals surface area contributed by atoms with Gasteiger partial charge in [-0.1, -0.05) is 24.3 Å². The summed E-state index contributed by atoms with van der Waals surface area (Å²) in [5.74, 6) is -0.288. The highest BCUT2D eigenvalue weighted by Gasteiger charge is 2.37. The largest absolute Gasteiger partial charge is 0.383 e. The van der Waals surface area contributed by atoms with Crippen LogP contribution in [0.5, 0.6) is 0 Å². The topological polar surface area (TPSA) is 86.7 Å². The van der Waals surface area contributed by atoms with Crippen molar-refractivity contribution in [1.82, 2.24) is 9.62 Å². The molecule has 24 heavy (non-hydrogen) atoms. The zero-order chi connectivity index (χ0) is 17.4. The summed E-state index contributed by atoms with van der Waals surface area (Å²) in [6.45, 7) is 0.961. The quantitative estimate of drug-likeness (QED) is 0.831. The normalized spacial score (nSPS) is 25.4. The number of benzene rings is 1. The van der Waals surface area contributed by atoms with Gasteiger partial charge in [-0.2, -0.15) is 0 Å². The van der Waals surface area contributed by atoms with E-state index in [2.05, 4.69) is 5.32 Å². The minimum absolute atomic E-state index is 0.0963. The van der Waals surface area contributed by atoms with E-state index in [4.69, 9.17) is 0 Å². The first kappa shape index (κ1) is 17.4. The van der Waals surface area contributed by atoms with Crippen molar-refractivity contribution in [3.8, 4) is 0 Å². The lowest BCUT2D eigenvalue weighted by molar-refractivity contribution is -0.127. The molecule has 0 radical (unpaired) electrons. The summed E-state index contributed by atoms with van der Waals surface area (Å²) in [5.41, 5.74) is 1.03. The lowest BCUT2D eigenvalue weighted by Crippen LogP contribution is -2.45. The molecule has 2 aliphatic rings. The number of aryl methyl sites for hydroxylation is 1. The van der Waals surface area contributed by atoms with Crippen LogP contribution in [-0.2, 0) is 26.8 Å². The van der Waals surface area contributed by atoms with Crippen LogP contribution in [0.3, 0.4) is 0 Å². The van der Waals surface area contributed by atoms with Gasteiger partial charge in [0.2, 0.25) is 15.9 Å². The number of carbonyl (C=O) groups is 1. The molecule has 0 spiro atoms. The van der Waals surface area contributed by atoms with Gasteiger partial charge in [0.15, 0.2) is 0 Å². The molecule has 0 unspecified atom stereocenters. The van der Waals surface area contributed by atoms with Crippen molar-refractivity contribution in [3.63, 3.8) is 0 Å². The molecule has 1 saturated heterocycles. The molecule has 1 amide bonds. The molecule has 1 aliphatic carbocycles. The van der Waals surface area contributed by atoms with Gasteiger partial charge < -0.3 is 10.4 Å². The second-order valence-electron chi connectivity index (χ2n) is 6.84. The van der Waals surface area contributed by atoms with Crippen molar-refractivity contribution in [2.24, 2.45) is 5.92 Å². The molecule has 1 aromatic rings. The van der Waals surface area contributed by atoms with Crippen LogP contribution >= 0.6 is 0 Å². The van der Waals surface area contributed by atoms with Crippen LogP contribution in [0.1, 0.15) is 30.4 Å². The minimum atomic E-state index is -3.18. The van der Waals surface area contributed by atoms with Crippen molar-refractivity contribution in [3.05, 3.63) is 35.4 Å². The SMILES string of the molecule is CS(=O)(=O)N1CCC(C(=O)NC[C@@]2(O)CCc3ccccc32)CC1. The molecule has 1 aromatic carbocycles. The number of aliphatic hydroxyl groups is 1. The Morgan fingerprint density at radius 2 is 2.00 bits per heavy atom. The van der Waals surface area contributed by atoms with Gasteiger partial charge in [-0.05, 0) is 36.8 Å².